The topological polar surface area (TPSA) is 38.3 Å². The van der Waals surface area contributed by atoms with Crippen molar-refractivity contribution in [2.45, 2.75) is 32.9 Å². The van der Waals surface area contributed by atoms with E-state index >= 15 is 0 Å². The van der Waals surface area contributed by atoms with Crippen LogP contribution in [0.1, 0.15) is 25.8 Å². The summed E-state index contributed by atoms with van der Waals surface area (Å²) in [5.41, 5.74) is 4.08. The number of hydroxylamine groups is 1. The molecule has 106 valence electrons. The molecule has 0 saturated carbocycles. The number of hydrogen-bond acceptors (Lipinski definition) is 3. The van der Waals surface area contributed by atoms with E-state index in [0.717, 1.165) is 18.3 Å². The summed E-state index contributed by atoms with van der Waals surface area (Å²) in [5.74, 6) is 0.435. The molecular weight excluding hydrogens is 250 g/mol. The Labute approximate surface area is 119 Å². The van der Waals surface area contributed by atoms with Crippen LogP contribution in [-0.2, 0) is 16.2 Å². The quantitative estimate of drug-likeness (QED) is 0.619. The average molecular weight is 271 g/mol. The van der Waals surface area contributed by atoms with Gasteiger partial charge in [0.2, 0.25) is 0 Å². The van der Waals surface area contributed by atoms with Crippen molar-refractivity contribution in [2.75, 3.05) is 0 Å². The molecule has 3 heteroatoms. The maximum absolute atomic E-state index is 10.9. The Bertz CT molecular complexity index is 560. The number of aldehydes is 1. The van der Waals surface area contributed by atoms with Crippen LogP contribution in [0.15, 0.2) is 42.5 Å². The van der Waals surface area contributed by atoms with Gasteiger partial charge in [0.05, 0.1) is 0 Å². The predicted octanol–water partition coefficient (Wildman–Crippen LogP) is 3.47. The molecular formula is C17H21NO2. The van der Waals surface area contributed by atoms with Crippen LogP contribution in [0.2, 0.25) is 0 Å². The normalized spacial score (nSPS) is 12.8. The zero-order valence-corrected chi connectivity index (χ0v) is 12.0. The molecule has 0 aromatic heterocycles. The Morgan fingerprint density at radius 1 is 1.15 bits per heavy atom. The molecule has 0 aliphatic rings. The first-order valence-electron chi connectivity index (χ1n) is 7.01. The maximum Gasteiger partial charge on any atom is 0.150 e. The van der Waals surface area contributed by atoms with E-state index in [4.69, 9.17) is 4.84 Å². The van der Waals surface area contributed by atoms with E-state index in [-0.39, 0.29) is 6.10 Å². The lowest BCUT2D eigenvalue weighted by atomic mass is 10.1. The third-order valence-electron chi connectivity index (χ3n) is 3.23. The number of benzene rings is 2. The SMILES string of the molecule is CC(C)CC(C=O)ONCc1cccc2ccccc12. The van der Waals surface area contributed by atoms with E-state index in [1.165, 1.54) is 10.8 Å². The highest BCUT2D eigenvalue weighted by molar-refractivity contribution is 5.85. The summed E-state index contributed by atoms with van der Waals surface area (Å²) >= 11 is 0. The Morgan fingerprint density at radius 3 is 2.65 bits per heavy atom. The van der Waals surface area contributed by atoms with E-state index < -0.39 is 0 Å². The van der Waals surface area contributed by atoms with Crippen LogP contribution in [0, 0.1) is 5.92 Å². The molecule has 2 aromatic rings. The van der Waals surface area contributed by atoms with Gasteiger partial charge in [0.1, 0.15) is 6.10 Å². The van der Waals surface area contributed by atoms with Gasteiger partial charge < -0.3 is 4.79 Å². The summed E-state index contributed by atoms with van der Waals surface area (Å²) in [6, 6.07) is 14.4. The minimum Gasteiger partial charge on any atom is -0.300 e. The van der Waals surface area contributed by atoms with Crippen LogP contribution in [0.3, 0.4) is 0 Å². The molecule has 0 amide bonds. The molecule has 3 nitrogen and oxygen atoms in total. The third kappa shape index (κ3) is 3.89. The Kier molecular flexibility index (Phi) is 5.27. The summed E-state index contributed by atoms with van der Waals surface area (Å²) in [6.07, 6.45) is 1.20. The molecule has 0 aliphatic carbocycles. The fraction of sp³-hybridized carbons (Fsp3) is 0.353. The minimum atomic E-state index is -0.384. The van der Waals surface area contributed by atoms with Crippen LogP contribution >= 0.6 is 0 Å². The smallest absolute Gasteiger partial charge is 0.150 e. The number of carbonyl (C=O) groups is 1. The molecule has 0 heterocycles. The van der Waals surface area contributed by atoms with E-state index in [0.29, 0.717) is 12.5 Å². The van der Waals surface area contributed by atoms with Gasteiger partial charge in [-0.05, 0) is 28.7 Å². The molecule has 0 bridgehead atoms. The summed E-state index contributed by atoms with van der Waals surface area (Å²) in [4.78, 5) is 16.4. The van der Waals surface area contributed by atoms with Gasteiger partial charge in [0.25, 0.3) is 0 Å². The molecule has 20 heavy (non-hydrogen) atoms. The van der Waals surface area contributed by atoms with E-state index in [1.807, 2.05) is 18.2 Å². The predicted molar refractivity (Wildman–Crippen MR) is 81.2 cm³/mol. The number of nitrogens with one attached hydrogen (secondary N) is 1. The fourth-order valence-corrected chi connectivity index (χ4v) is 2.27. The van der Waals surface area contributed by atoms with Gasteiger partial charge in [-0.3, -0.25) is 4.84 Å². The highest BCUT2D eigenvalue weighted by Crippen LogP contribution is 2.18. The first kappa shape index (κ1) is 14.7. The monoisotopic (exact) mass is 271 g/mol. The van der Waals surface area contributed by atoms with Crippen molar-refractivity contribution in [3.8, 4) is 0 Å². The number of carbonyl (C=O) groups excluding carboxylic acids is 1. The fourth-order valence-electron chi connectivity index (χ4n) is 2.27. The largest absolute Gasteiger partial charge is 0.300 e. The molecule has 1 atom stereocenters. The number of hydrogen-bond donors (Lipinski definition) is 1. The van der Waals surface area contributed by atoms with Gasteiger partial charge in [0.15, 0.2) is 6.29 Å². The molecule has 0 saturated heterocycles. The Morgan fingerprint density at radius 2 is 1.90 bits per heavy atom. The maximum atomic E-state index is 10.9. The lowest BCUT2D eigenvalue weighted by molar-refractivity contribution is -0.125. The average Bonchev–Trinajstić information content (AvgIpc) is 2.46. The second-order valence-corrected chi connectivity index (χ2v) is 5.38. The van der Waals surface area contributed by atoms with Crippen molar-refractivity contribution >= 4 is 17.1 Å². The zero-order valence-electron chi connectivity index (χ0n) is 12.0. The van der Waals surface area contributed by atoms with Gasteiger partial charge in [-0.25, -0.2) is 0 Å². The summed E-state index contributed by atoms with van der Waals surface area (Å²) < 4.78 is 0. The highest BCUT2D eigenvalue weighted by atomic mass is 16.7. The van der Waals surface area contributed by atoms with Gasteiger partial charge in [-0.1, -0.05) is 56.3 Å². The molecule has 1 unspecified atom stereocenters. The van der Waals surface area contributed by atoms with Crippen LogP contribution in [0.4, 0.5) is 0 Å². The second kappa shape index (κ2) is 7.17. The van der Waals surface area contributed by atoms with Crippen molar-refractivity contribution < 1.29 is 9.63 Å². The third-order valence-corrected chi connectivity index (χ3v) is 3.23. The summed E-state index contributed by atoms with van der Waals surface area (Å²) in [7, 11) is 0. The molecule has 0 radical (unpaired) electrons. The van der Waals surface area contributed by atoms with Gasteiger partial charge in [-0.2, -0.15) is 5.48 Å². The van der Waals surface area contributed by atoms with Gasteiger partial charge in [0, 0.05) is 6.54 Å². The zero-order chi connectivity index (χ0) is 14.4. The van der Waals surface area contributed by atoms with E-state index in [9.17, 15) is 4.79 Å². The molecule has 1 N–H and O–H groups in total. The summed E-state index contributed by atoms with van der Waals surface area (Å²) in [6.45, 7) is 4.74. The second-order valence-electron chi connectivity index (χ2n) is 5.38. The summed E-state index contributed by atoms with van der Waals surface area (Å²) in [5, 5.41) is 2.42. The van der Waals surface area contributed by atoms with Crippen LogP contribution in [0.25, 0.3) is 10.8 Å². The standard InChI is InChI=1S/C17H21NO2/c1-13(2)10-16(12-19)20-18-11-15-8-5-7-14-6-3-4-9-17(14)15/h3-9,12-13,16,18H,10-11H2,1-2H3. The van der Waals surface area contributed by atoms with Crippen molar-refractivity contribution in [1.82, 2.24) is 5.48 Å². The van der Waals surface area contributed by atoms with Crippen LogP contribution in [0.5, 0.6) is 0 Å². The Hall–Kier alpha value is -1.71. The highest BCUT2D eigenvalue weighted by Gasteiger charge is 2.10. The Balaban J connectivity index is 1.97. The lowest BCUT2D eigenvalue weighted by Crippen LogP contribution is -2.26. The number of rotatable bonds is 7. The molecule has 0 spiro atoms. The van der Waals surface area contributed by atoms with Crippen molar-refractivity contribution in [1.29, 1.82) is 0 Å². The molecule has 0 fully saturated rings. The van der Waals surface area contributed by atoms with Crippen LogP contribution in [-0.4, -0.2) is 12.4 Å². The van der Waals surface area contributed by atoms with Crippen LogP contribution < -0.4 is 5.48 Å². The molecule has 2 rings (SSSR count). The molecule has 0 aliphatic heterocycles. The van der Waals surface area contributed by atoms with Gasteiger partial charge in [-0.15, -0.1) is 0 Å². The van der Waals surface area contributed by atoms with Gasteiger partial charge >= 0.3 is 0 Å². The lowest BCUT2D eigenvalue weighted by Gasteiger charge is -2.15. The van der Waals surface area contributed by atoms with E-state index in [2.05, 4.69) is 43.6 Å². The van der Waals surface area contributed by atoms with Crippen molar-refractivity contribution in [3.63, 3.8) is 0 Å². The van der Waals surface area contributed by atoms with E-state index in [1.54, 1.807) is 0 Å². The molecule has 2 aromatic carbocycles. The van der Waals surface area contributed by atoms with Crippen molar-refractivity contribution in [3.05, 3.63) is 48.0 Å². The number of fused-ring (bicyclic) bond motifs is 1. The first-order valence-corrected chi connectivity index (χ1v) is 7.01. The van der Waals surface area contributed by atoms with Crippen molar-refractivity contribution in [2.24, 2.45) is 5.92 Å². The first-order chi connectivity index (χ1) is 9.70. The minimum absolute atomic E-state index is 0.384.